The maximum atomic E-state index is 11.9. The van der Waals surface area contributed by atoms with Crippen LogP contribution in [0.2, 0.25) is 0 Å². The predicted molar refractivity (Wildman–Crippen MR) is 73.7 cm³/mol. The third-order valence-electron chi connectivity index (χ3n) is 3.42. The number of rotatable bonds is 3. The minimum atomic E-state index is 0.0994. The number of hydrogen-bond donors (Lipinski definition) is 1. The van der Waals surface area contributed by atoms with Crippen molar-refractivity contribution >= 4 is 6.03 Å². The molecule has 0 saturated carbocycles. The summed E-state index contributed by atoms with van der Waals surface area (Å²) in [6.45, 7) is 4.64. The molecule has 1 aliphatic rings. The highest BCUT2D eigenvalue weighted by Gasteiger charge is 2.15. The van der Waals surface area contributed by atoms with Gasteiger partial charge in [0.05, 0.1) is 0 Å². The van der Waals surface area contributed by atoms with Gasteiger partial charge in [-0.15, -0.1) is 0 Å². The van der Waals surface area contributed by atoms with Gasteiger partial charge in [-0.1, -0.05) is 29.8 Å². The van der Waals surface area contributed by atoms with E-state index in [4.69, 9.17) is 0 Å². The summed E-state index contributed by atoms with van der Waals surface area (Å²) in [6.07, 6.45) is 4.45. The fourth-order valence-corrected chi connectivity index (χ4v) is 2.39. The number of nitrogens with one attached hydrogen (secondary N) is 1. The van der Waals surface area contributed by atoms with Crippen molar-refractivity contribution < 1.29 is 4.79 Å². The number of carbonyl (C=O) groups excluding carboxylic acids is 1. The number of carbonyl (C=O) groups is 1. The third kappa shape index (κ3) is 3.76. The van der Waals surface area contributed by atoms with Gasteiger partial charge in [-0.3, -0.25) is 0 Å². The molecule has 0 radical (unpaired) electrons. The molecule has 1 aromatic rings. The summed E-state index contributed by atoms with van der Waals surface area (Å²) in [6, 6.07) is 8.54. The van der Waals surface area contributed by atoms with E-state index in [1.54, 1.807) is 0 Å². The second-order valence-corrected chi connectivity index (χ2v) is 5.02. The number of piperidine rings is 1. The molecule has 1 fully saturated rings. The van der Waals surface area contributed by atoms with Gasteiger partial charge in [-0.2, -0.15) is 0 Å². The molecule has 0 bridgehead atoms. The maximum Gasteiger partial charge on any atom is 0.317 e. The zero-order valence-electron chi connectivity index (χ0n) is 11.1. The van der Waals surface area contributed by atoms with Crippen molar-refractivity contribution in [2.24, 2.45) is 0 Å². The molecule has 3 nitrogen and oxygen atoms in total. The molecule has 1 heterocycles. The molecule has 2 amide bonds. The van der Waals surface area contributed by atoms with Crippen LogP contribution in [-0.2, 0) is 6.42 Å². The van der Waals surface area contributed by atoms with Crippen LogP contribution in [0.5, 0.6) is 0 Å². The van der Waals surface area contributed by atoms with Crippen molar-refractivity contribution in [3.8, 4) is 0 Å². The van der Waals surface area contributed by atoms with Crippen molar-refractivity contribution in [2.45, 2.75) is 32.6 Å². The molecule has 0 unspecified atom stereocenters. The Morgan fingerprint density at radius 3 is 2.78 bits per heavy atom. The first kappa shape index (κ1) is 12.9. The molecule has 0 aliphatic carbocycles. The first-order valence-electron chi connectivity index (χ1n) is 6.84. The molecule has 0 spiro atoms. The Kier molecular flexibility index (Phi) is 4.62. The van der Waals surface area contributed by atoms with Crippen molar-refractivity contribution in [3.05, 3.63) is 35.4 Å². The summed E-state index contributed by atoms with van der Waals surface area (Å²) in [5, 5.41) is 3.01. The Hall–Kier alpha value is -1.51. The van der Waals surface area contributed by atoms with Crippen LogP contribution in [0.25, 0.3) is 0 Å². The molecule has 1 N–H and O–H groups in total. The summed E-state index contributed by atoms with van der Waals surface area (Å²) >= 11 is 0. The van der Waals surface area contributed by atoms with Gasteiger partial charge in [0.15, 0.2) is 0 Å². The zero-order valence-corrected chi connectivity index (χ0v) is 11.1. The summed E-state index contributed by atoms with van der Waals surface area (Å²) < 4.78 is 0. The largest absolute Gasteiger partial charge is 0.338 e. The quantitative estimate of drug-likeness (QED) is 0.874. The number of amides is 2. The van der Waals surface area contributed by atoms with E-state index in [0.29, 0.717) is 0 Å². The monoisotopic (exact) mass is 246 g/mol. The number of aryl methyl sites for hydroxylation is 1. The maximum absolute atomic E-state index is 11.9. The highest BCUT2D eigenvalue weighted by molar-refractivity contribution is 5.74. The Labute approximate surface area is 109 Å². The van der Waals surface area contributed by atoms with Crippen LogP contribution in [0.3, 0.4) is 0 Å². The average molecular weight is 246 g/mol. The van der Waals surface area contributed by atoms with E-state index in [2.05, 4.69) is 36.5 Å². The van der Waals surface area contributed by atoms with Crippen molar-refractivity contribution in [2.75, 3.05) is 19.6 Å². The van der Waals surface area contributed by atoms with Crippen molar-refractivity contribution in [3.63, 3.8) is 0 Å². The van der Waals surface area contributed by atoms with E-state index in [9.17, 15) is 4.79 Å². The van der Waals surface area contributed by atoms with Gasteiger partial charge in [0, 0.05) is 19.6 Å². The van der Waals surface area contributed by atoms with Crippen LogP contribution in [-0.4, -0.2) is 30.6 Å². The fraction of sp³-hybridized carbons (Fsp3) is 0.533. The smallest absolute Gasteiger partial charge is 0.317 e. The van der Waals surface area contributed by atoms with Crippen molar-refractivity contribution in [1.82, 2.24) is 10.2 Å². The number of urea groups is 1. The molecule has 3 heteroatoms. The standard InChI is InChI=1S/C15H22N2O/c1-13-6-5-7-14(12-13)8-9-16-15(18)17-10-3-2-4-11-17/h5-7,12H,2-4,8-11H2,1H3,(H,16,18). The van der Waals surface area contributed by atoms with E-state index >= 15 is 0 Å². The normalized spacial score (nSPS) is 15.5. The van der Waals surface area contributed by atoms with E-state index in [0.717, 1.165) is 38.9 Å². The second kappa shape index (κ2) is 6.43. The Morgan fingerprint density at radius 1 is 1.28 bits per heavy atom. The fourth-order valence-electron chi connectivity index (χ4n) is 2.39. The molecular weight excluding hydrogens is 224 g/mol. The van der Waals surface area contributed by atoms with Crippen LogP contribution in [0.15, 0.2) is 24.3 Å². The first-order chi connectivity index (χ1) is 8.75. The molecular formula is C15H22N2O. The number of nitrogens with zero attached hydrogens (tertiary/aromatic N) is 1. The van der Waals surface area contributed by atoms with Crippen LogP contribution in [0, 0.1) is 6.92 Å². The highest BCUT2D eigenvalue weighted by atomic mass is 16.2. The minimum absolute atomic E-state index is 0.0994. The molecule has 1 aliphatic heterocycles. The van der Waals surface area contributed by atoms with E-state index in [-0.39, 0.29) is 6.03 Å². The second-order valence-electron chi connectivity index (χ2n) is 5.02. The van der Waals surface area contributed by atoms with Gasteiger partial charge in [-0.25, -0.2) is 4.79 Å². The van der Waals surface area contributed by atoms with Gasteiger partial charge >= 0.3 is 6.03 Å². The number of hydrogen-bond acceptors (Lipinski definition) is 1. The summed E-state index contributed by atoms with van der Waals surface area (Å²) in [4.78, 5) is 13.8. The van der Waals surface area contributed by atoms with E-state index in [1.165, 1.54) is 17.5 Å². The minimum Gasteiger partial charge on any atom is -0.338 e. The lowest BCUT2D eigenvalue weighted by Gasteiger charge is -2.26. The number of likely N-dealkylation sites (tertiary alicyclic amines) is 1. The topological polar surface area (TPSA) is 32.3 Å². The van der Waals surface area contributed by atoms with Crippen LogP contribution in [0.1, 0.15) is 30.4 Å². The molecule has 98 valence electrons. The lowest BCUT2D eigenvalue weighted by Crippen LogP contribution is -2.43. The van der Waals surface area contributed by atoms with Crippen LogP contribution < -0.4 is 5.32 Å². The average Bonchev–Trinajstić information content (AvgIpc) is 2.40. The third-order valence-corrected chi connectivity index (χ3v) is 3.42. The van der Waals surface area contributed by atoms with E-state index in [1.807, 2.05) is 4.90 Å². The molecule has 0 aromatic heterocycles. The highest BCUT2D eigenvalue weighted by Crippen LogP contribution is 2.08. The summed E-state index contributed by atoms with van der Waals surface area (Å²) in [7, 11) is 0. The zero-order chi connectivity index (χ0) is 12.8. The van der Waals surface area contributed by atoms with Crippen LogP contribution in [0.4, 0.5) is 4.79 Å². The molecule has 1 aromatic carbocycles. The van der Waals surface area contributed by atoms with Gasteiger partial charge < -0.3 is 10.2 Å². The lowest BCUT2D eigenvalue weighted by atomic mass is 10.1. The SMILES string of the molecule is Cc1cccc(CCNC(=O)N2CCCCC2)c1. The Balaban J connectivity index is 1.73. The summed E-state index contributed by atoms with van der Waals surface area (Å²) in [5.41, 5.74) is 2.56. The lowest BCUT2D eigenvalue weighted by molar-refractivity contribution is 0.186. The van der Waals surface area contributed by atoms with E-state index < -0.39 is 0 Å². The summed E-state index contributed by atoms with van der Waals surface area (Å²) in [5.74, 6) is 0. The van der Waals surface area contributed by atoms with Gasteiger partial charge in [0.25, 0.3) is 0 Å². The number of benzene rings is 1. The van der Waals surface area contributed by atoms with Crippen LogP contribution >= 0.6 is 0 Å². The molecule has 1 saturated heterocycles. The van der Waals surface area contributed by atoms with Gasteiger partial charge in [0.2, 0.25) is 0 Å². The first-order valence-corrected chi connectivity index (χ1v) is 6.84. The molecule has 18 heavy (non-hydrogen) atoms. The van der Waals surface area contributed by atoms with Gasteiger partial charge in [0.1, 0.15) is 0 Å². The molecule has 2 rings (SSSR count). The Bertz CT molecular complexity index is 397. The molecule has 0 atom stereocenters. The predicted octanol–water partition coefficient (Wildman–Crippen LogP) is 2.73. The van der Waals surface area contributed by atoms with Gasteiger partial charge in [-0.05, 0) is 38.2 Å². The Morgan fingerprint density at radius 2 is 2.06 bits per heavy atom. The van der Waals surface area contributed by atoms with Crippen molar-refractivity contribution in [1.29, 1.82) is 0 Å².